The van der Waals surface area contributed by atoms with E-state index in [0.29, 0.717) is 0 Å². The molecule has 0 nitrogen and oxygen atoms in total. The molecule has 0 radical (unpaired) electrons. The van der Waals surface area contributed by atoms with Crippen LogP contribution in [0.5, 0.6) is 0 Å². The van der Waals surface area contributed by atoms with Crippen molar-refractivity contribution in [3.8, 4) is 0 Å². The molecule has 1 aliphatic heterocycles. The average molecular weight is 445 g/mol. The van der Waals surface area contributed by atoms with Crippen molar-refractivity contribution in [1.82, 2.24) is 0 Å². The highest BCUT2D eigenvalue weighted by molar-refractivity contribution is 7.40. The lowest BCUT2D eigenvalue weighted by Crippen LogP contribution is -2.15. The predicted molar refractivity (Wildman–Crippen MR) is 144 cm³/mol. The van der Waals surface area contributed by atoms with Crippen LogP contribution in [0.1, 0.15) is 147 Å². The van der Waals surface area contributed by atoms with Gasteiger partial charge in [0.1, 0.15) is 0 Å². The van der Waals surface area contributed by atoms with Gasteiger partial charge in [-0.25, -0.2) is 0 Å². The number of aryl methyl sites for hydroxylation is 2. The molecule has 0 N–H and O–H groups in total. The molecule has 1 saturated heterocycles. The Morgan fingerprint density at radius 3 is 2.23 bits per heavy atom. The second kappa shape index (κ2) is 16.3. The average Bonchev–Trinajstić information content (AvgIpc) is 3.26. The predicted octanol–water partition coefficient (Wildman–Crippen LogP) is 10.2. The Bertz CT molecular complexity index is 578. The van der Waals surface area contributed by atoms with Crippen molar-refractivity contribution < 1.29 is 0 Å². The van der Waals surface area contributed by atoms with Gasteiger partial charge in [-0.3, -0.25) is 0 Å². The highest BCUT2D eigenvalue weighted by Crippen LogP contribution is 2.50. The number of rotatable bonds is 17. The Morgan fingerprint density at radius 1 is 0.774 bits per heavy atom. The van der Waals surface area contributed by atoms with Gasteiger partial charge in [-0.1, -0.05) is 104 Å². The Morgan fingerprint density at radius 2 is 1.48 bits per heavy atom. The maximum Gasteiger partial charge on any atom is -0.00938 e. The molecule has 31 heavy (non-hydrogen) atoms. The Balaban J connectivity index is 2.13. The van der Waals surface area contributed by atoms with Crippen molar-refractivity contribution in [2.75, 3.05) is 0 Å². The van der Waals surface area contributed by atoms with Crippen LogP contribution in [0.3, 0.4) is 0 Å². The summed E-state index contributed by atoms with van der Waals surface area (Å²) in [5, 5.41) is 0. The van der Waals surface area contributed by atoms with E-state index in [0.717, 1.165) is 17.2 Å². The van der Waals surface area contributed by atoms with Gasteiger partial charge in [-0.2, -0.15) is 0 Å². The summed E-state index contributed by atoms with van der Waals surface area (Å²) in [5.74, 6) is 0.831. The Hall–Kier alpha value is -0.350. The number of hydrogen-bond acceptors (Lipinski definition) is 0. The smallest absolute Gasteiger partial charge is 0.00938 e. The molecule has 0 spiro atoms. The topological polar surface area (TPSA) is 0 Å². The first-order valence-electron chi connectivity index (χ1n) is 14.1. The molecule has 178 valence electrons. The molecule has 0 bridgehead atoms. The third kappa shape index (κ3) is 9.58. The first kappa shape index (κ1) is 26.9. The molecule has 1 aromatic carbocycles. The lowest BCUT2D eigenvalue weighted by Gasteiger charge is -2.27. The zero-order chi connectivity index (χ0) is 22.3. The Kier molecular flexibility index (Phi) is 14.1. The molecular formula is C30H53P. The van der Waals surface area contributed by atoms with Crippen molar-refractivity contribution in [1.29, 1.82) is 0 Å². The maximum atomic E-state index is 2.62. The molecule has 1 heteroatoms. The van der Waals surface area contributed by atoms with E-state index in [2.05, 4.69) is 45.9 Å². The van der Waals surface area contributed by atoms with E-state index in [-0.39, 0.29) is 0 Å². The fourth-order valence-corrected chi connectivity index (χ4v) is 7.76. The summed E-state index contributed by atoms with van der Waals surface area (Å²) >= 11 is 0. The fraction of sp³-hybridized carbons (Fsp3) is 0.800. The van der Waals surface area contributed by atoms with Gasteiger partial charge in [0, 0.05) is 0 Å². The molecular weight excluding hydrogens is 391 g/mol. The first-order valence-corrected chi connectivity index (χ1v) is 15.3. The van der Waals surface area contributed by atoms with E-state index in [1.165, 1.54) is 118 Å². The highest BCUT2D eigenvalue weighted by atomic mass is 31.1. The van der Waals surface area contributed by atoms with Crippen LogP contribution in [0, 0.1) is 0 Å². The van der Waals surface area contributed by atoms with E-state index >= 15 is 0 Å². The lowest BCUT2D eigenvalue weighted by atomic mass is 9.83. The zero-order valence-corrected chi connectivity index (χ0v) is 22.5. The van der Waals surface area contributed by atoms with E-state index < -0.39 is 0 Å². The van der Waals surface area contributed by atoms with E-state index in [4.69, 9.17) is 0 Å². The van der Waals surface area contributed by atoms with E-state index in [9.17, 15) is 0 Å². The van der Waals surface area contributed by atoms with Crippen LogP contribution in [0.15, 0.2) is 18.2 Å². The normalized spacial score (nSPS) is 20.5. The standard InChI is InChI=1S/C30H53P/c1-5-9-13-15-18-27-21-23-30(31-27)29(19-14-10-6-2)28-22-20-25(16-11-7-3)24-26(28)17-12-8-4/h20,22,24,27,29-31H,5-19,21,23H2,1-4H3. The first-order chi connectivity index (χ1) is 15.2. The summed E-state index contributed by atoms with van der Waals surface area (Å²) in [5.41, 5.74) is 7.07. The van der Waals surface area contributed by atoms with Crippen LogP contribution >= 0.6 is 8.58 Å². The van der Waals surface area contributed by atoms with Crippen molar-refractivity contribution in [3.05, 3.63) is 34.9 Å². The molecule has 0 saturated carbocycles. The summed E-state index contributed by atoms with van der Waals surface area (Å²) < 4.78 is 0. The monoisotopic (exact) mass is 444 g/mol. The minimum absolute atomic E-state index is 0.831. The van der Waals surface area contributed by atoms with Crippen LogP contribution in [-0.2, 0) is 12.8 Å². The van der Waals surface area contributed by atoms with Crippen LogP contribution < -0.4 is 0 Å². The summed E-state index contributed by atoms with van der Waals surface area (Å²) in [6.07, 6.45) is 23.7. The van der Waals surface area contributed by atoms with Crippen LogP contribution in [0.2, 0.25) is 0 Å². The summed E-state index contributed by atoms with van der Waals surface area (Å²) in [6, 6.07) is 7.70. The van der Waals surface area contributed by atoms with Gasteiger partial charge >= 0.3 is 0 Å². The Labute approximate surface area is 197 Å². The molecule has 1 fully saturated rings. The minimum atomic E-state index is 0.831. The fourth-order valence-electron chi connectivity index (χ4n) is 5.54. The third-order valence-corrected chi connectivity index (χ3v) is 9.68. The quantitative estimate of drug-likeness (QED) is 0.165. The van der Waals surface area contributed by atoms with Crippen molar-refractivity contribution in [2.45, 2.75) is 154 Å². The molecule has 0 amide bonds. The number of hydrogen-bond donors (Lipinski definition) is 0. The molecule has 2 rings (SSSR count). The maximum absolute atomic E-state index is 2.62. The van der Waals surface area contributed by atoms with Gasteiger partial charge < -0.3 is 0 Å². The van der Waals surface area contributed by atoms with Gasteiger partial charge in [-0.15, -0.1) is 8.58 Å². The second-order valence-corrected chi connectivity index (χ2v) is 12.1. The van der Waals surface area contributed by atoms with Crippen LogP contribution in [0.25, 0.3) is 0 Å². The molecule has 0 aliphatic carbocycles. The molecule has 4 unspecified atom stereocenters. The minimum Gasteiger partial charge on any atom is -0.115 e. The lowest BCUT2D eigenvalue weighted by molar-refractivity contribution is 0.524. The molecule has 4 atom stereocenters. The second-order valence-electron chi connectivity index (χ2n) is 10.2. The van der Waals surface area contributed by atoms with E-state index in [1.54, 1.807) is 16.7 Å². The zero-order valence-electron chi connectivity index (χ0n) is 21.5. The summed E-state index contributed by atoms with van der Waals surface area (Å²) in [4.78, 5) is 0. The summed E-state index contributed by atoms with van der Waals surface area (Å²) in [6.45, 7) is 9.35. The van der Waals surface area contributed by atoms with Crippen LogP contribution in [0.4, 0.5) is 0 Å². The van der Waals surface area contributed by atoms with Crippen molar-refractivity contribution in [3.63, 3.8) is 0 Å². The van der Waals surface area contributed by atoms with Crippen molar-refractivity contribution in [2.24, 2.45) is 0 Å². The molecule has 1 aliphatic rings. The van der Waals surface area contributed by atoms with Gasteiger partial charge in [-0.05, 0) is 85.3 Å². The summed E-state index contributed by atoms with van der Waals surface area (Å²) in [7, 11) is 1.22. The molecule has 0 aromatic heterocycles. The number of unbranched alkanes of at least 4 members (excludes halogenated alkanes) is 7. The third-order valence-electron chi connectivity index (χ3n) is 7.51. The number of benzene rings is 1. The molecule has 1 heterocycles. The SMILES string of the molecule is CCCCCCC1CCC(C(CCCCC)c2ccc(CCCC)cc2CCCC)P1. The largest absolute Gasteiger partial charge is 0.115 e. The molecule has 1 aromatic rings. The highest BCUT2D eigenvalue weighted by Gasteiger charge is 2.32. The van der Waals surface area contributed by atoms with Gasteiger partial charge in [0.25, 0.3) is 0 Å². The van der Waals surface area contributed by atoms with Crippen molar-refractivity contribution >= 4 is 8.58 Å². The van der Waals surface area contributed by atoms with Gasteiger partial charge in [0.2, 0.25) is 0 Å². The van der Waals surface area contributed by atoms with Gasteiger partial charge in [0.15, 0.2) is 0 Å². The van der Waals surface area contributed by atoms with Crippen LogP contribution in [-0.4, -0.2) is 11.3 Å². The van der Waals surface area contributed by atoms with Gasteiger partial charge in [0.05, 0.1) is 0 Å². The van der Waals surface area contributed by atoms with E-state index in [1.807, 2.05) is 0 Å².